The lowest BCUT2D eigenvalue weighted by atomic mass is 10.1. The number of hydrogen-bond donors (Lipinski definition) is 1. The number of methoxy groups -OCH3 is 2. The van der Waals surface area contributed by atoms with Crippen molar-refractivity contribution < 1.29 is 14.3 Å². The summed E-state index contributed by atoms with van der Waals surface area (Å²) in [5.41, 5.74) is 1.39. The number of nitrogens with zero attached hydrogens (tertiary/aromatic N) is 5. The summed E-state index contributed by atoms with van der Waals surface area (Å²) in [6.07, 6.45) is 7.34. The van der Waals surface area contributed by atoms with Crippen LogP contribution in [0.5, 0.6) is 0 Å². The minimum atomic E-state index is -0.281. The molecule has 4 rings (SSSR count). The van der Waals surface area contributed by atoms with Gasteiger partial charge in [0.2, 0.25) is 5.95 Å². The molecule has 1 fully saturated rings. The molecule has 1 aliphatic rings. The summed E-state index contributed by atoms with van der Waals surface area (Å²) < 4.78 is 12.1. The molecule has 10 heteroatoms. The number of carbonyl (C=O) groups is 1. The normalized spacial score (nSPS) is 13.9. The van der Waals surface area contributed by atoms with E-state index < -0.39 is 0 Å². The number of rotatable bonds is 11. The molecule has 1 saturated carbocycles. The van der Waals surface area contributed by atoms with Crippen molar-refractivity contribution in [2.24, 2.45) is 0 Å². The topological polar surface area (TPSA) is 111 Å². The molecule has 1 aliphatic carbocycles. The molecule has 3 aromatic heterocycles. The van der Waals surface area contributed by atoms with E-state index in [2.05, 4.69) is 25.2 Å². The zero-order valence-corrected chi connectivity index (χ0v) is 20.5. The fraction of sp³-hybridized carbons (Fsp3) is 0.480. The molecule has 10 nitrogen and oxygen atoms in total. The molecule has 0 radical (unpaired) electrons. The number of carbonyl (C=O) groups excluding carboxylic acids is 1. The Kier molecular flexibility index (Phi) is 8.04. The van der Waals surface area contributed by atoms with Gasteiger partial charge in [-0.25, -0.2) is 9.97 Å². The Bertz CT molecular complexity index is 1210. The van der Waals surface area contributed by atoms with Gasteiger partial charge in [0.15, 0.2) is 5.78 Å². The molecule has 0 bridgehead atoms. The summed E-state index contributed by atoms with van der Waals surface area (Å²) >= 11 is 0. The van der Waals surface area contributed by atoms with Crippen LogP contribution >= 0.6 is 0 Å². The number of ketones is 1. The highest BCUT2D eigenvalue weighted by molar-refractivity contribution is 5.96. The average Bonchev–Trinajstić information content (AvgIpc) is 3.39. The third-order valence-electron chi connectivity index (χ3n) is 6.33. The molecule has 0 aromatic carbocycles. The maximum absolute atomic E-state index is 13.2. The van der Waals surface area contributed by atoms with Crippen molar-refractivity contribution in [1.29, 1.82) is 0 Å². The van der Waals surface area contributed by atoms with Gasteiger partial charge in [-0.2, -0.15) is 4.98 Å². The van der Waals surface area contributed by atoms with E-state index in [0.29, 0.717) is 36.0 Å². The molecule has 0 aliphatic heterocycles. The van der Waals surface area contributed by atoms with E-state index in [1.807, 2.05) is 12.1 Å². The molecule has 186 valence electrons. The molecular formula is C25H32N6O4. The summed E-state index contributed by atoms with van der Waals surface area (Å²) in [6, 6.07) is 5.46. The van der Waals surface area contributed by atoms with Crippen LogP contribution in [0.2, 0.25) is 0 Å². The Morgan fingerprint density at radius 2 is 1.83 bits per heavy atom. The van der Waals surface area contributed by atoms with Gasteiger partial charge in [0.25, 0.3) is 5.56 Å². The first kappa shape index (κ1) is 24.7. The third-order valence-corrected chi connectivity index (χ3v) is 6.33. The van der Waals surface area contributed by atoms with Gasteiger partial charge in [0.05, 0.1) is 30.7 Å². The number of hydrogen-bond acceptors (Lipinski definition) is 9. The second-order valence-corrected chi connectivity index (χ2v) is 8.70. The van der Waals surface area contributed by atoms with E-state index in [1.54, 1.807) is 37.2 Å². The van der Waals surface area contributed by atoms with Crippen molar-refractivity contribution in [3.05, 3.63) is 46.5 Å². The quantitative estimate of drug-likeness (QED) is 0.413. The van der Waals surface area contributed by atoms with Crippen LogP contribution < -0.4 is 15.8 Å². The van der Waals surface area contributed by atoms with E-state index in [4.69, 9.17) is 9.47 Å². The van der Waals surface area contributed by atoms with E-state index in [0.717, 1.165) is 44.5 Å². The van der Waals surface area contributed by atoms with E-state index in [-0.39, 0.29) is 22.9 Å². The summed E-state index contributed by atoms with van der Waals surface area (Å²) in [6.45, 7) is 4.07. The zero-order valence-electron chi connectivity index (χ0n) is 20.5. The average molecular weight is 481 g/mol. The SMILES string of the molecule is COCCN(CCOC)c1ccc(Nc2ncc3cc(C(C)=O)c(=O)n(C4CCCC4)c3n2)nc1. The maximum atomic E-state index is 13.2. The molecule has 1 N–H and O–H groups in total. The number of anilines is 3. The lowest BCUT2D eigenvalue weighted by molar-refractivity contribution is 0.101. The van der Waals surface area contributed by atoms with Crippen LogP contribution in [0, 0.1) is 0 Å². The molecule has 35 heavy (non-hydrogen) atoms. The second-order valence-electron chi connectivity index (χ2n) is 8.70. The van der Waals surface area contributed by atoms with E-state index >= 15 is 0 Å². The first-order valence-corrected chi connectivity index (χ1v) is 11.9. The van der Waals surface area contributed by atoms with Gasteiger partial charge in [0.1, 0.15) is 11.5 Å². The van der Waals surface area contributed by atoms with Crippen LogP contribution in [0.1, 0.15) is 49.0 Å². The van der Waals surface area contributed by atoms with E-state index in [9.17, 15) is 9.59 Å². The van der Waals surface area contributed by atoms with Crippen LogP contribution in [0.3, 0.4) is 0 Å². The predicted molar refractivity (Wildman–Crippen MR) is 135 cm³/mol. The van der Waals surface area contributed by atoms with Crippen molar-refractivity contribution in [3.63, 3.8) is 0 Å². The van der Waals surface area contributed by atoms with Crippen molar-refractivity contribution in [3.8, 4) is 0 Å². The van der Waals surface area contributed by atoms with Crippen molar-refractivity contribution >= 4 is 34.3 Å². The lowest BCUT2D eigenvalue weighted by Gasteiger charge is -2.24. The van der Waals surface area contributed by atoms with Gasteiger partial charge in [0, 0.05) is 44.9 Å². The zero-order chi connectivity index (χ0) is 24.8. The predicted octanol–water partition coefficient (Wildman–Crippen LogP) is 3.35. The highest BCUT2D eigenvalue weighted by Gasteiger charge is 2.23. The Morgan fingerprint density at radius 1 is 1.11 bits per heavy atom. The summed E-state index contributed by atoms with van der Waals surface area (Å²) in [7, 11) is 3.35. The summed E-state index contributed by atoms with van der Waals surface area (Å²) in [4.78, 5) is 41.0. The van der Waals surface area contributed by atoms with Crippen LogP contribution in [-0.2, 0) is 9.47 Å². The van der Waals surface area contributed by atoms with Crippen LogP contribution in [0.15, 0.2) is 35.4 Å². The Hall–Kier alpha value is -3.37. The minimum absolute atomic E-state index is 0.0367. The van der Waals surface area contributed by atoms with Crippen LogP contribution in [-0.4, -0.2) is 65.8 Å². The number of fused-ring (bicyclic) bond motifs is 1. The standard InChI is InChI=1S/C25H32N6O4/c1-17(32)21-14-18-15-27-25(29-23(18)31(24(21)33)19-6-4-5-7-19)28-22-9-8-20(16-26-22)30(10-12-34-2)11-13-35-3/h8-9,14-16,19H,4-7,10-13H2,1-3H3,(H,26,27,28,29). The second kappa shape index (κ2) is 11.4. The number of aromatic nitrogens is 4. The van der Waals surface area contributed by atoms with Crippen LogP contribution in [0.25, 0.3) is 11.0 Å². The Morgan fingerprint density at radius 3 is 2.43 bits per heavy atom. The van der Waals surface area contributed by atoms with Gasteiger partial charge >= 0.3 is 0 Å². The first-order valence-electron chi connectivity index (χ1n) is 11.9. The highest BCUT2D eigenvalue weighted by Crippen LogP contribution is 2.31. The van der Waals surface area contributed by atoms with Gasteiger partial charge in [-0.15, -0.1) is 0 Å². The number of nitrogens with one attached hydrogen (secondary N) is 1. The van der Waals surface area contributed by atoms with Gasteiger partial charge in [-0.05, 0) is 38.0 Å². The first-order chi connectivity index (χ1) is 17.0. The molecule has 0 atom stereocenters. The molecular weight excluding hydrogens is 448 g/mol. The fourth-order valence-electron chi connectivity index (χ4n) is 4.47. The number of ether oxygens (including phenoxy) is 2. The molecule has 3 heterocycles. The fourth-order valence-corrected chi connectivity index (χ4v) is 4.47. The Labute approximate surface area is 204 Å². The van der Waals surface area contributed by atoms with Crippen molar-refractivity contribution in [2.75, 3.05) is 50.7 Å². The Balaban J connectivity index is 1.62. The monoisotopic (exact) mass is 480 g/mol. The molecule has 0 unspecified atom stereocenters. The van der Waals surface area contributed by atoms with Gasteiger partial charge in [-0.3, -0.25) is 14.2 Å². The van der Waals surface area contributed by atoms with Crippen molar-refractivity contribution in [1.82, 2.24) is 19.5 Å². The molecule has 0 saturated heterocycles. The van der Waals surface area contributed by atoms with Gasteiger partial charge < -0.3 is 19.7 Å². The smallest absolute Gasteiger partial charge is 0.263 e. The third kappa shape index (κ3) is 5.66. The number of Topliss-reactive ketones (excluding diaryl/α,β-unsaturated/α-hetero) is 1. The van der Waals surface area contributed by atoms with Gasteiger partial charge in [-0.1, -0.05) is 12.8 Å². The summed E-state index contributed by atoms with van der Waals surface area (Å²) in [5.74, 6) is 0.678. The molecule has 0 spiro atoms. The maximum Gasteiger partial charge on any atom is 0.263 e. The minimum Gasteiger partial charge on any atom is -0.383 e. The van der Waals surface area contributed by atoms with Crippen molar-refractivity contribution in [2.45, 2.75) is 38.6 Å². The molecule has 3 aromatic rings. The van der Waals surface area contributed by atoms with E-state index in [1.165, 1.54) is 6.92 Å². The largest absolute Gasteiger partial charge is 0.383 e. The number of pyridine rings is 2. The lowest BCUT2D eigenvalue weighted by Crippen LogP contribution is -2.30. The molecule has 0 amide bonds. The van der Waals surface area contributed by atoms with Crippen LogP contribution in [0.4, 0.5) is 17.5 Å². The highest BCUT2D eigenvalue weighted by atomic mass is 16.5. The summed E-state index contributed by atoms with van der Waals surface area (Å²) in [5, 5.41) is 3.81.